The normalized spacial score (nSPS) is 12.3. The molecule has 6 N–H and O–H groups in total. The fraction of sp³-hybridized carbons (Fsp3) is 0.0476. The van der Waals surface area contributed by atoms with Gasteiger partial charge in [-0.3, -0.25) is 9.59 Å². The molecule has 3 aromatic carbocycles. The number of benzene rings is 3. The molecule has 0 spiro atoms. The van der Waals surface area contributed by atoms with E-state index in [0.29, 0.717) is 11.5 Å². The first-order chi connectivity index (χ1) is 13.8. The Morgan fingerprint density at radius 3 is 2.00 bits per heavy atom. The van der Waals surface area contributed by atoms with Crippen molar-refractivity contribution in [3.8, 4) is 28.7 Å². The highest BCUT2D eigenvalue weighted by atomic mass is 16.5. The molecule has 0 unspecified atom stereocenters. The summed E-state index contributed by atoms with van der Waals surface area (Å²) >= 11 is 0. The summed E-state index contributed by atoms with van der Waals surface area (Å²) in [6, 6.07) is 10.2. The van der Waals surface area contributed by atoms with Crippen molar-refractivity contribution in [3.63, 3.8) is 0 Å². The Kier molecular flexibility index (Phi) is 4.04. The summed E-state index contributed by atoms with van der Waals surface area (Å²) in [6.45, 7) is 0. The van der Waals surface area contributed by atoms with Gasteiger partial charge in [0.15, 0.2) is 5.75 Å². The molecule has 1 aliphatic rings. The maximum absolute atomic E-state index is 13.1. The van der Waals surface area contributed by atoms with E-state index in [9.17, 15) is 19.8 Å². The Bertz CT molecular complexity index is 1190. The highest BCUT2D eigenvalue weighted by molar-refractivity contribution is 6.33. The van der Waals surface area contributed by atoms with E-state index in [-0.39, 0.29) is 39.4 Å². The van der Waals surface area contributed by atoms with Gasteiger partial charge in [-0.05, 0) is 36.4 Å². The molecule has 8 nitrogen and oxygen atoms in total. The van der Waals surface area contributed by atoms with Crippen molar-refractivity contribution < 1.29 is 29.3 Å². The van der Waals surface area contributed by atoms with Crippen LogP contribution in [0.4, 0.5) is 11.4 Å². The van der Waals surface area contributed by atoms with Crippen molar-refractivity contribution in [2.75, 3.05) is 18.6 Å². The van der Waals surface area contributed by atoms with Crippen LogP contribution in [-0.2, 0) is 0 Å². The summed E-state index contributed by atoms with van der Waals surface area (Å²) in [6.07, 6.45) is 0. The first kappa shape index (κ1) is 18.2. The Balaban J connectivity index is 1.87. The lowest BCUT2D eigenvalue weighted by Gasteiger charge is -2.23. The van der Waals surface area contributed by atoms with Gasteiger partial charge in [-0.2, -0.15) is 0 Å². The molecule has 146 valence electrons. The molecule has 3 aromatic rings. The molecule has 0 atom stereocenters. The quantitative estimate of drug-likeness (QED) is 0.308. The van der Waals surface area contributed by atoms with Crippen LogP contribution in [0.1, 0.15) is 31.8 Å². The number of ether oxygens (including phenoxy) is 2. The van der Waals surface area contributed by atoms with Crippen LogP contribution in [-0.4, -0.2) is 28.9 Å². The standard InChI is InChI=1S/C21H16N2O6/c1-28-9-2-4-10(5-3-9)29-14-8-13(25)17-18(19(14)23)21(27)16-12(24)7-6-11(22)15(16)20(17)26/h2-8,24-25H,22-23H2,1H3. The van der Waals surface area contributed by atoms with Crippen molar-refractivity contribution in [2.24, 2.45) is 0 Å². The van der Waals surface area contributed by atoms with E-state index in [2.05, 4.69) is 0 Å². The lowest BCUT2D eigenvalue weighted by molar-refractivity contribution is 0.0975. The molecule has 4 rings (SSSR count). The second-order valence-electron chi connectivity index (χ2n) is 6.42. The van der Waals surface area contributed by atoms with Gasteiger partial charge in [0.2, 0.25) is 11.6 Å². The number of rotatable bonds is 3. The summed E-state index contributed by atoms with van der Waals surface area (Å²) in [5.74, 6) is -1.35. The van der Waals surface area contributed by atoms with Gasteiger partial charge in [-0.15, -0.1) is 0 Å². The fourth-order valence-electron chi connectivity index (χ4n) is 3.31. The lowest BCUT2D eigenvalue weighted by Crippen LogP contribution is -2.24. The third-order valence-electron chi connectivity index (χ3n) is 4.72. The molecule has 0 aliphatic heterocycles. The van der Waals surface area contributed by atoms with Crippen LogP contribution in [0.2, 0.25) is 0 Å². The van der Waals surface area contributed by atoms with Crippen molar-refractivity contribution in [1.29, 1.82) is 0 Å². The number of phenols is 2. The molecule has 0 radical (unpaired) electrons. The van der Waals surface area contributed by atoms with E-state index in [1.807, 2.05) is 0 Å². The molecule has 0 heterocycles. The zero-order valence-corrected chi connectivity index (χ0v) is 15.2. The number of nitrogens with two attached hydrogens (primary N) is 2. The summed E-state index contributed by atoms with van der Waals surface area (Å²) in [7, 11) is 1.53. The van der Waals surface area contributed by atoms with Gasteiger partial charge in [0.25, 0.3) is 0 Å². The summed E-state index contributed by atoms with van der Waals surface area (Å²) < 4.78 is 10.8. The molecular weight excluding hydrogens is 376 g/mol. The molecule has 0 aromatic heterocycles. The van der Waals surface area contributed by atoms with E-state index >= 15 is 0 Å². The molecule has 0 saturated heterocycles. The van der Waals surface area contributed by atoms with Gasteiger partial charge < -0.3 is 31.2 Å². The van der Waals surface area contributed by atoms with Gasteiger partial charge in [-0.1, -0.05) is 0 Å². The topological polar surface area (TPSA) is 145 Å². The van der Waals surface area contributed by atoms with Gasteiger partial charge in [0.05, 0.1) is 35.1 Å². The monoisotopic (exact) mass is 392 g/mol. The molecule has 0 fully saturated rings. The average Bonchev–Trinajstić information content (AvgIpc) is 2.70. The van der Waals surface area contributed by atoms with Crippen LogP contribution < -0.4 is 20.9 Å². The van der Waals surface area contributed by atoms with Crippen molar-refractivity contribution in [3.05, 3.63) is 64.7 Å². The van der Waals surface area contributed by atoms with Crippen LogP contribution in [0.3, 0.4) is 0 Å². The molecule has 8 heteroatoms. The van der Waals surface area contributed by atoms with E-state index in [0.717, 1.165) is 6.07 Å². The Labute approximate surface area is 164 Å². The maximum atomic E-state index is 13.1. The third kappa shape index (κ3) is 2.69. The number of phenolic OH excluding ortho intramolecular Hbond substituents is 2. The van der Waals surface area contributed by atoms with Crippen molar-refractivity contribution >= 4 is 22.9 Å². The minimum Gasteiger partial charge on any atom is -0.507 e. The van der Waals surface area contributed by atoms with E-state index < -0.39 is 23.1 Å². The van der Waals surface area contributed by atoms with E-state index in [4.69, 9.17) is 20.9 Å². The van der Waals surface area contributed by atoms with Crippen LogP contribution >= 0.6 is 0 Å². The number of aromatic hydroxyl groups is 2. The SMILES string of the molecule is COc1ccc(Oc2cc(O)c3c(c2N)C(=O)c2c(O)ccc(N)c2C3=O)cc1. The lowest BCUT2D eigenvalue weighted by atomic mass is 9.81. The summed E-state index contributed by atoms with van der Waals surface area (Å²) in [5, 5.41) is 20.6. The second kappa shape index (κ2) is 6.45. The Hall–Kier alpha value is -4.20. The highest BCUT2D eigenvalue weighted by Crippen LogP contribution is 2.45. The van der Waals surface area contributed by atoms with Gasteiger partial charge in [0.1, 0.15) is 23.0 Å². The largest absolute Gasteiger partial charge is 0.507 e. The molecular formula is C21H16N2O6. The molecule has 1 aliphatic carbocycles. The average molecular weight is 392 g/mol. The highest BCUT2D eigenvalue weighted by Gasteiger charge is 2.38. The Morgan fingerprint density at radius 2 is 1.34 bits per heavy atom. The Morgan fingerprint density at radius 1 is 0.759 bits per heavy atom. The maximum Gasteiger partial charge on any atom is 0.200 e. The minimum absolute atomic E-state index is 0.0123. The number of hydrogen-bond donors (Lipinski definition) is 4. The zero-order valence-electron chi connectivity index (χ0n) is 15.2. The van der Waals surface area contributed by atoms with Crippen molar-refractivity contribution in [1.82, 2.24) is 0 Å². The molecule has 29 heavy (non-hydrogen) atoms. The predicted octanol–water partition coefficient (Wildman–Crippen LogP) is 2.84. The van der Waals surface area contributed by atoms with Crippen LogP contribution in [0, 0.1) is 0 Å². The van der Waals surface area contributed by atoms with Crippen molar-refractivity contribution in [2.45, 2.75) is 0 Å². The number of carbonyl (C=O) groups is 2. The summed E-state index contributed by atoms with van der Waals surface area (Å²) in [4.78, 5) is 26.0. The third-order valence-corrected chi connectivity index (χ3v) is 4.72. The minimum atomic E-state index is -0.729. The number of fused-ring (bicyclic) bond motifs is 2. The number of anilines is 2. The number of ketones is 2. The fourth-order valence-corrected chi connectivity index (χ4v) is 3.31. The zero-order chi connectivity index (χ0) is 20.9. The van der Waals surface area contributed by atoms with Crippen LogP contribution in [0.15, 0.2) is 42.5 Å². The first-order valence-electron chi connectivity index (χ1n) is 8.51. The van der Waals surface area contributed by atoms with Crippen LogP contribution in [0.5, 0.6) is 28.7 Å². The van der Waals surface area contributed by atoms with Gasteiger partial charge in [-0.25, -0.2) is 0 Å². The number of nitrogen functional groups attached to an aromatic ring is 2. The number of hydrogen-bond acceptors (Lipinski definition) is 8. The van der Waals surface area contributed by atoms with Gasteiger partial charge in [0, 0.05) is 11.8 Å². The predicted molar refractivity (Wildman–Crippen MR) is 105 cm³/mol. The van der Waals surface area contributed by atoms with Gasteiger partial charge >= 0.3 is 0 Å². The summed E-state index contributed by atoms with van der Waals surface area (Å²) in [5.41, 5.74) is 10.9. The first-order valence-corrected chi connectivity index (χ1v) is 8.51. The van der Waals surface area contributed by atoms with E-state index in [1.165, 1.54) is 19.2 Å². The smallest absolute Gasteiger partial charge is 0.200 e. The number of carbonyl (C=O) groups excluding carboxylic acids is 2. The van der Waals surface area contributed by atoms with Crippen LogP contribution in [0.25, 0.3) is 0 Å². The molecule has 0 amide bonds. The second-order valence-corrected chi connectivity index (χ2v) is 6.42. The number of methoxy groups -OCH3 is 1. The molecule has 0 saturated carbocycles. The van der Waals surface area contributed by atoms with E-state index in [1.54, 1.807) is 24.3 Å². The molecule has 0 bridgehead atoms.